The van der Waals surface area contributed by atoms with Crippen LogP contribution in [0.2, 0.25) is 0 Å². The van der Waals surface area contributed by atoms with E-state index >= 15 is 0 Å². The van der Waals surface area contributed by atoms with E-state index in [1.165, 1.54) is 44.9 Å². The summed E-state index contributed by atoms with van der Waals surface area (Å²) in [6, 6.07) is 0. The van der Waals surface area contributed by atoms with Crippen molar-refractivity contribution in [3.05, 3.63) is 122 Å². The van der Waals surface area contributed by atoms with Gasteiger partial charge in [0.05, 0.1) is 0 Å². The van der Waals surface area contributed by atoms with Crippen LogP contribution in [0.25, 0.3) is 0 Å². The number of hydrogen-bond acceptors (Lipinski definition) is 6. The number of allylic oxidation sites excluding steroid dienone is 20. The minimum absolute atomic E-state index is 0.113. The van der Waals surface area contributed by atoms with Crippen molar-refractivity contribution in [3.8, 4) is 0 Å². The maximum absolute atomic E-state index is 12.8. The zero-order chi connectivity index (χ0) is 45.1. The minimum atomic E-state index is -0.821. The van der Waals surface area contributed by atoms with Gasteiger partial charge in [-0.05, 0) is 77.0 Å². The van der Waals surface area contributed by atoms with Crippen molar-refractivity contribution < 1.29 is 28.6 Å². The van der Waals surface area contributed by atoms with Gasteiger partial charge in [-0.25, -0.2) is 0 Å². The van der Waals surface area contributed by atoms with Crippen LogP contribution in [0.3, 0.4) is 0 Å². The molecule has 6 nitrogen and oxygen atoms in total. The quantitative estimate of drug-likeness (QED) is 0.0200. The molecule has 1 atom stereocenters. The van der Waals surface area contributed by atoms with Gasteiger partial charge in [0, 0.05) is 19.3 Å². The Morgan fingerprint density at radius 1 is 0.355 bits per heavy atom. The first kappa shape index (κ1) is 57.8. The van der Waals surface area contributed by atoms with Gasteiger partial charge >= 0.3 is 17.9 Å². The molecule has 0 aromatic carbocycles. The Labute approximate surface area is 380 Å². The van der Waals surface area contributed by atoms with Crippen molar-refractivity contribution in [1.82, 2.24) is 0 Å². The Morgan fingerprint density at radius 2 is 0.742 bits per heavy atom. The predicted molar refractivity (Wildman–Crippen MR) is 265 cm³/mol. The van der Waals surface area contributed by atoms with Gasteiger partial charge in [-0.2, -0.15) is 0 Å². The van der Waals surface area contributed by atoms with Gasteiger partial charge in [-0.3, -0.25) is 14.4 Å². The molecule has 0 aliphatic rings. The standard InChI is InChI=1S/C56H88O6/c1-4-7-10-13-16-19-22-24-26-27-28-29-31-32-34-37-40-43-46-49-55(58)61-52-53(51-60-54(57)48-45-42-39-36-21-18-15-12-9-6-3)62-56(59)50-47-44-41-38-35-33-30-25-23-20-17-14-11-8-5-2/h7-8,10-11,14,16-17,19-20,23-26,28-30,32,34,40,43,53H,4-6,9,12-13,15,18,21-22,27,31,33,35-39,41-42,44-52H2,1-3H3/b10-7-,11-8-,17-14-,19-16-,23-20-,26-24-,29-28-,30-25-,34-32-,43-40-. The topological polar surface area (TPSA) is 78.9 Å². The Kier molecular flexibility index (Phi) is 46.1. The number of carbonyl (C=O) groups is 3. The Hall–Kier alpha value is -4.19. The second kappa shape index (κ2) is 49.5. The molecule has 348 valence electrons. The summed E-state index contributed by atoms with van der Waals surface area (Å²) in [5.41, 5.74) is 0. The molecule has 0 aromatic rings. The van der Waals surface area contributed by atoms with E-state index in [1.54, 1.807) is 0 Å². The molecule has 0 fully saturated rings. The largest absolute Gasteiger partial charge is 0.462 e. The van der Waals surface area contributed by atoms with Crippen molar-refractivity contribution in [2.24, 2.45) is 0 Å². The van der Waals surface area contributed by atoms with Gasteiger partial charge in [0.2, 0.25) is 0 Å². The fourth-order valence-electron chi connectivity index (χ4n) is 6.18. The fraction of sp³-hybridized carbons (Fsp3) is 0.589. The Bertz CT molecular complexity index is 1350. The van der Waals surface area contributed by atoms with Gasteiger partial charge in [-0.1, -0.05) is 219 Å². The lowest BCUT2D eigenvalue weighted by Gasteiger charge is -2.18. The van der Waals surface area contributed by atoms with Crippen LogP contribution in [0.5, 0.6) is 0 Å². The normalized spacial score (nSPS) is 13.1. The molecule has 62 heavy (non-hydrogen) atoms. The molecule has 0 saturated carbocycles. The summed E-state index contributed by atoms with van der Waals surface area (Å²) in [6.07, 6.45) is 67.6. The van der Waals surface area contributed by atoms with Crippen molar-refractivity contribution in [3.63, 3.8) is 0 Å². The average Bonchev–Trinajstić information content (AvgIpc) is 3.27. The lowest BCUT2D eigenvalue weighted by Crippen LogP contribution is -2.30. The molecule has 0 aliphatic heterocycles. The van der Waals surface area contributed by atoms with Crippen molar-refractivity contribution in [2.45, 2.75) is 200 Å². The number of ether oxygens (including phenoxy) is 3. The molecule has 0 bridgehead atoms. The Balaban J connectivity index is 4.54. The van der Waals surface area contributed by atoms with Crippen LogP contribution in [-0.4, -0.2) is 37.2 Å². The van der Waals surface area contributed by atoms with Gasteiger partial charge in [-0.15, -0.1) is 0 Å². The zero-order valence-corrected chi connectivity index (χ0v) is 39.6. The van der Waals surface area contributed by atoms with Gasteiger partial charge in [0.1, 0.15) is 13.2 Å². The maximum Gasteiger partial charge on any atom is 0.306 e. The molecule has 0 N–H and O–H groups in total. The number of carbonyl (C=O) groups excluding carboxylic acids is 3. The second-order valence-corrected chi connectivity index (χ2v) is 15.7. The number of unbranched alkanes of at least 4 members (excludes halogenated alkanes) is 14. The molecule has 0 radical (unpaired) electrons. The van der Waals surface area contributed by atoms with Gasteiger partial charge in [0.25, 0.3) is 0 Å². The van der Waals surface area contributed by atoms with Crippen LogP contribution >= 0.6 is 0 Å². The van der Waals surface area contributed by atoms with Crippen molar-refractivity contribution in [1.29, 1.82) is 0 Å². The molecule has 0 saturated heterocycles. The first-order chi connectivity index (χ1) is 30.5. The van der Waals surface area contributed by atoms with E-state index < -0.39 is 6.10 Å². The van der Waals surface area contributed by atoms with Crippen molar-refractivity contribution >= 4 is 17.9 Å². The first-order valence-electron chi connectivity index (χ1n) is 24.6. The number of rotatable bonds is 42. The molecule has 0 aromatic heterocycles. The molecule has 0 spiro atoms. The number of esters is 3. The highest BCUT2D eigenvalue weighted by Gasteiger charge is 2.19. The molecular weight excluding hydrogens is 769 g/mol. The Morgan fingerprint density at radius 3 is 1.24 bits per heavy atom. The summed E-state index contributed by atoms with van der Waals surface area (Å²) < 4.78 is 16.7. The SMILES string of the molecule is CC\C=C/C=C\C=C/C=C\CCCCCCCC(=O)OC(COC(=O)CC/C=C\C/C=C\C/C=C\C/C=C\C/C=C\C/C=C\CC)COC(=O)CCCCCCCCCCCC. The molecule has 0 amide bonds. The van der Waals surface area contributed by atoms with Crippen LogP contribution in [0.4, 0.5) is 0 Å². The average molecular weight is 857 g/mol. The first-order valence-corrected chi connectivity index (χ1v) is 24.6. The van der Waals surface area contributed by atoms with Crippen LogP contribution in [-0.2, 0) is 28.6 Å². The molecular formula is C56H88O6. The van der Waals surface area contributed by atoms with Crippen LogP contribution in [0.15, 0.2) is 122 Å². The molecule has 0 rings (SSSR count). The van der Waals surface area contributed by atoms with E-state index in [0.717, 1.165) is 103 Å². The summed E-state index contributed by atoms with van der Waals surface area (Å²) in [6.45, 7) is 6.26. The third-order valence-electron chi connectivity index (χ3n) is 9.82. The monoisotopic (exact) mass is 857 g/mol. The summed E-state index contributed by atoms with van der Waals surface area (Å²) in [5, 5.41) is 0. The minimum Gasteiger partial charge on any atom is -0.462 e. The highest BCUT2D eigenvalue weighted by molar-refractivity contribution is 5.71. The van der Waals surface area contributed by atoms with Gasteiger partial charge < -0.3 is 14.2 Å². The van der Waals surface area contributed by atoms with E-state index in [-0.39, 0.29) is 44.0 Å². The van der Waals surface area contributed by atoms with E-state index in [0.29, 0.717) is 12.8 Å². The summed E-state index contributed by atoms with van der Waals surface area (Å²) in [5.74, 6) is -1.04. The lowest BCUT2D eigenvalue weighted by molar-refractivity contribution is -0.166. The second-order valence-electron chi connectivity index (χ2n) is 15.7. The molecule has 6 heteroatoms. The van der Waals surface area contributed by atoms with E-state index in [9.17, 15) is 14.4 Å². The van der Waals surface area contributed by atoms with Crippen LogP contribution in [0.1, 0.15) is 194 Å². The summed E-state index contributed by atoms with van der Waals surface area (Å²) in [4.78, 5) is 37.8. The fourth-order valence-corrected chi connectivity index (χ4v) is 6.18. The zero-order valence-electron chi connectivity index (χ0n) is 39.6. The summed E-state index contributed by atoms with van der Waals surface area (Å²) in [7, 11) is 0. The van der Waals surface area contributed by atoms with E-state index in [1.807, 2.05) is 36.5 Å². The van der Waals surface area contributed by atoms with Crippen LogP contribution < -0.4 is 0 Å². The number of hydrogen-bond donors (Lipinski definition) is 0. The lowest BCUT2D eigenvalue weighted by atomic mass is 10.1. The smallest absolute Gasteiger partial charge is 0.306 e. The van der Waals surface area contributed by atoms with E-state index in [4.69, 9.17) is 14.2 Å². The maximum atomic E-state index is 12.8. The molecule has 1 unspecified atom stereocenters. The van der Waals surface area contributed by atoms with Gasteiger partial charge in [0.15, 0.2) is 6.10 Å². The third kappa shape index (κ3) is 46.9. The summed E-state index contributed by atoms with van der Waals surface area (Å²) >= 11 is 0. The van der Waals surface area contributed by atoms with E-state index in [2.05, 4.69) is 106 Å². The van der Waals surface area contributed by atoms with Crippen LogP contribution in [0, 0.1) is 0 Å². The predicted octanol–water partition coefficient (Wildman–Crippen LogP) is 16.1. The molecule has 0 aliphatic carbocycles. The third-order valence-corrected chi connectivity index (χ3v) is 9.82. The molecule has 0 heterocycles. The highest BCUT2D eigenvalue weighted by atomic mass is 16.6. The van der Waals surface area contributed by atoms with Crippen molar-refractivity contribution in [2.75, 3.05) is 13.2 Å². The highest BCUT2D eigenvalue weighted by Crippen LogP contribution is 2.13.